The lowest BCUT2D eigenvalue weighted by atomic mass is 10.1. The predicted molar refractivity (Wildman–Crippen MR) is 91.8 cm³/mol. The minimum atomic E-state index is -0.636. The Labute approximate surface area is 141 Å². The number of nitrogens with one attached hydrogen (secondary N) is 2. The van der Waals surface area contributed by atoms with Gasteiger partial charge in [-0.1, -0.05) is 11.3 Å². The summed E-state index contributed by atoms with van der Waals surface area (Å²) in [5.41, 5.74) is -0.0599. The lowest BCUT2D eigenvalue weighted by Crippen LogP contribution is -2.42. The van der Waals surface area contributed by atoms with Gasteiger partial charge in [0, 0.05) is 25.0 Å². The van der Waals surface area contributed by atoms with Crippen molar-refractivity contribution in [3.05, 3.63) is 11.1 Å². The van der Waals surface area contributed by atoms with E-state index in [0.717, 1.165) is 11.3 Å². The van der Waals surface area contributed by atoms with Crippen LogP contribution in [-0.2, 0) is 0 Å². The zero-order valence-electron chi connectivity index (χ0n) is 14.1. The molecule has 23 heavy (non-hydrogen) atoms. The number of thiazole rings is 1. The van der Waals surface area contributed by atoms with Crippen molar-refractivity contribution in [2.45, 2.75) is 45.8 Å². The molecule has 1 heterocycles. The Morgan fingerprint density at radius 1 is 1.52 bits per heavy atom. The number of ether oxygens (including phenoxy) is 1. The fourth-order valence-electron chi connectivity index (χ4n) is 1.53. The first-order valence-corrected chi connectivity index (χ1v) is 8.33. The van der Waals surface area contributed by atoms with E-state index in [1.54, 1.807) is 6.92 Å². The number of rotatable bonds is 8. The second-order valence-corrected chi connectivity index (χ2v) is 7.01. The number of nitrogens with zero attached hydrogens (tertiary/aromatic N) is 1. The molecule has 3 N–H and O–H groups in total. The van der Waals surface area contributed by atoms with Crippen molar-refractivity contribution < 1.29 is 14.6 Å². The van der Waals surface area contributed by atoms with Crippen LogP contribution in [0.3, 0.4) is 0 Å². The molecule has 0 bridgehead atoms. The highest BCUT2D eigenvalue weighted by Gasteiger charge is 2.14. The van der Waals surface area contributed by atoms with E-state index in [4.69, 9.17) is 4.74 Å². The van der Waals surface area contributed by atoms with E-state index in [2.05, 4.69) is 27.5 Å². The smallest absolute Gasteiger partial charge is 0.273 e. The van der Waals surface area contributed by atoms with Crippen LogP contribution in [0.15, 0.2) is 6.20 Å². The Bertz CT molecular complexity index is 555. The van der Waals surface area contributed by atoms with Crippen molar-refractivity contribution in [2.24, 2.45) is 0 Å². The van der Waals surface area contributed by atoms with Crippen LogP contribution in [0.25, 0.3) is 0 Å². The zero-order valence-corrected chi connectivity index (χ0v) is 14.9. The van der Waals surface area contributed by atoms with Gasteiger partial charge in [-0.05, 0) is 27.7 Å². The molecule has 0 aliphatic rings. The maximum absolute atomic E-state index is 11.9. The number of amides is 1. The molecule has 1 aromatic rings. The van der Waals surface area contributed by atoms with Crippen molar-refractivity contribution in [3.8, 4) is 17.0 Å². The summed E-state index contributed by atoms with van der Waals surface area (Å²) in [5, 5.41) is 16.2. The number of aliphatic hydroxyl groups excluding tert-OH is 1. The molecule has 0 aliphatic carbocycles. The largest absolute Gasteiger partial charge is 0.467 e. The van der Waals surface area contributed by atoms with Crippen LogP contribution in [0.4, 0.5) is 0 Å². The molecule has 0 radical (unpaired) electrons. The van der Waals surface area contributed by atoms with Gasteiger partial charge in [-0.15, -0.1) is 11.8 Å². The minimum absolute atomic E-state index is 0.0599. The number of aromatic nitrogens is 1. The second-order valence-electron chi connectivity index (χ2n) is 6.02. The molecule has 0 saturated carbocycles. The van der Waals surface area contributed by atoms with Crippen molar-refractivity contribution >= 4 is 17.2 Å². The van der Waals surface area contributed by atoms with Gasteiger partial charge in [-0.2, -0.15) is 0 Å². The maximum atomic E-state index is 11.9. The average molecular weight is 339 g/mol. The van der Waals surface area contributed by atoms with Gasteiger partial charge in [0.2, 0.25) is 0 Å². The van der Waals surface area contributed by atoms with Gasteiger partial charge >= 0.3 is 0 Å². The Kier molecular flexibility index (Phi) is 8.03. The van der Waals surface area contributed by atoms with Crippen LogP contribution in [-0.4, -0.2) is 47.3 Å². The Morgan fingerprint density at radius 2 is 2.26 bits per heavy atom. The van der Waals surface area contributed by atoms with E-state index in [0.29, 0.717) is 29.6 Å². The van der Waals surface area contributed by atoms with Gasteiger partial charge in [0.25, 0.3) is 11.1 Å². The highest BCUT2D eigenvalue weighted by atomic mass is 32.1. The summed E-state index contributed by atoms with van der Waals surface area (Å²) < 4.78 is 5.42. The van der Waals surface area contributed by atoms with E-state index < -0.39 is 6.10 Å². The highest BCUT2D eigenvalue weighted by molar-refractivity contribution is 7.15. The van der Waals surface area contributed by atoms with Crippen LogP contribution in [0.5, 0.6) is 5.19 Å². The molecule has 0 aromatic carbocycles. The number of carbonyl (C=O) groups excluding carboxylic acids is 1. The number of hydrogen-bond acceptors (Lipinski definition) is 6. The molecule has 1 unspecified atom stereocenters. The third kappa shape index (κ3) is 8.55. The first-order valence-electron chi connectivity index (χ1n) is 7.51. The van der Waals surface area contributed by atoms with Crippen molar-refractivity contribution in [1.82, 2.24) is 15.6 Å². The van der Waals surface area contributed by atoms with Crippen molar-refractivity contribution in [1.29, 1.82) is 0 Å². The van der Waals surface area contributed by atoms with Crippen LogP contribution in [0, 0.1) is 11.8 Å². The normalized spacial score (nSPS) is 12.2. The number of aliphatic hydroxyl groups is 1. The summed E-state index contributed by atoms with van der Waals surface area (Å²) in [6.45, 7) is 8.91. The van der Waals surface area contributed by atoms with Crippen LogP contribution in [0.2, 0.25) is 0 Å². The summed E-state index contributed by atoms with van der Waals surface area (Å²) in [7, 11) is 0. The summed E-state index contributed by atoms with van der Waals surface area (Å²) >= 11 is 1.16. The van der Waals surface area contributed by atoms with Gasteiger partial charge in [0.05, 0.1) is 6.20 Å². The van der Waals surface area contributed by atoms with Gasteiger partial charge in [-0.3, -0.25) is 4.79 Å². The van der Waals surface area contributed by atoms with Gasteiger partial charge in [0.15, 0.2) is 0 Å². The molecule has 1 amide bonds. The van der Waals surface area contributed by atoms with E-state index in [-0.39, 0.29) is 18.1 Å². The fraction of sp³-hybridized carbons (Fsp3) is 0.625. The van der Waals surface area contributed by atoms with E-state index >= 15 is 0 Å². The first kappa shape index (κ1) is 19.4. The number of β-amino-alcohol motifs (C(OH)–C–C–N with tert-alkyl or cyclic N) is 1. The lowest BCUT2D eigenvalue weighted by molar-refractivity contribution is 0.0958. The third-order valence-electron chi connectivity index (χ3n) is 2.69. The highest BCUT2D eigenvalue weighted by Crippen LogP contribution is 2.20. The molecule has 1 rings (SSSR count). The first-order chi connectivity index (χ1) is 10.8. The number of carbonyl (C=O) groups is 1. The summed E-state index contributed by atoms with van der Waals surface area (Å²) in [6, 6.07) is 0. The minimum Gasteiger partial charge on any atom is -0.467 e. The molecular formula is C16H25N3O3S. The fourth-order valence-corrected chi connectivity index (χ4v) is 2.22. The maximum Gasteiger partial charge on any atom is 0.273 e. The molecule has 1 atom stereocenters. The van der Waals surface area contributed by atoms with Crippen molar-refractivity contribution in [3.63, 3.8) is 0 Å². The lowest BCUT2D eigenvalue weighted by Gasteiger charge is -2.22. The molecule has 0 spiro atoms. The standard InChI is InChI=1S/C16H25N3O3S/c1-5-6-7-8-17-14(21)13-10-18-15(23-13)22-11-12(20)9-19-16(2,3)4/h10,12,19-20H,7-9,11H2,1-4H3,(H,17,21). The third-order valence-corrected chi connectivity index (χ3v) is 3.60. The van der Waals surface area contributed by atoms with Crippen molar-refractivity contribution in [2.75, 3.05) is 19.7 Å². The van der Waals surface area contributed by atoms with E-state index in [1.807, 2.05) is 20.8 Å². The molecule has 0 fully saturated rings. The summed E-state index contributed by atoms with van der Waals surface area (Å²) in [6.07, 6.45) is 1.46. The van der Waals surface area contributed by atoms with Crippen LogP contribution >= 0.6 is 11.3 Å². The van der Waals surface area contributed by atoms with E-state index in [9.17, 15) is 9.90 Å². The number of hydrogen-bond donors (Lipinski definition) is 3. The van der Waals surface area contributed by atoms with Gasteiger partial charge < -0.3 is 20.5 Å². The predicted octanol–water partition coefficient (Wildman–Crippen LogP) is 1.41. The van der Waals surface area contributed by atoms with E-state index in [1.165, 1.54) is 6.20 Å². The molecule has 7 heteroatoms. The van der Waals surface area contributed by atoms with Gasteiger partial charge in [-0.25, -0.2) is 4.98 Å². The second kappa shape index (κ2) is 9.50. The molecule has 0 aliphatic heterocycles. The molecule has 6 nitrogen and oxygen atoms in total. The Balaban J connectivity index is 2.35. The topological polar surface area (TPSA) is 83.5 Å². The molecule has 1 aromatic heterocycles. The SMILES string of the molecule is CC#CCCNC(=O)c1cnc(OCC(O)CNC(C)(C)C)s1. The monoisotopic (exact) mass is 339 g/mol. The van der Waals surface area contributed by atoms with Crippen LogP contribution in [0.1, 0.15) is 43.8 Å². The molecular weight excluding hydrogens is 314 g/mol. The Hall–Kier alpha value is -1.62. The summed E-state index contributed by atoms with van der Waals surface area (Å²) in [4.78, 5) is 16.4. The zero-order chi connectivity index (χ0) is 17.3. The summed E-state index contributed by atoms with van der Waals surface area (Å²) in [5.74, 6) is 5.46. The molecule has 0 saturated heterocycles. The van der Waals surface area contributed by atoms with Crippen LogP contribution < -0.4 is 15.4 Å². The average Bonchev–Trinajstić information content (AvgIpc) is 2.95. The molecule has 128 valence electrons. The Morgan fingerprint density at radius 3 is 2.91 bits per heavy atom. The quantitative estimate of drug-likeness (QED) is 0.493. The van der Waals surface area contributed by atoms with Gasteiger partial charge in [0.1, 0.15) is 17.6 Å².